The summed E-state index contributed by atoms with van der Waals surface area (Å²) in [5.41, 5.74) is 3.75. The minimum Gasteiger partial charge on any atom is -0.378 e. The Morgan fingerprint density at radius 2 is 1.92 bits per heavy atom. The Balaban J connectivity index is 1.07. The number of carbonyl (C=O) groups is 1. The molecule has 7 rings (SSSR count). The molecule has 0 bridgehead atoms. The van der Waals surface area contributed by atoms with Gasteiger partial charge in [-0.05, 0) is 67.6 Å². The lowest BCUT2D eigenvalue weighted by atomic mass is 9.90. The van der Waals surface area contributed by atoms with E-state index in [1.165, 1.54) is 0 Å². The number of benzene rings is 1. The Morgan fingerprint density at radius 1 is 1.10 bits per heavy atom. The molecule has 0 aliphatic carbocycles. The summed E-state index contributed by atoms with van der Waals surface area (Å²) in [6, 6.07) is 4.18. The van der Waals surface area contributed by atoms with Gasteiger partial charge in [-0.3, -0.25) is 9.80 Å². The molecule has 0 spiro atoms. The number of amides is 1. The number of hydrogen-bond donors (Lipinski definition) is 1. The van der Waals surface area contributed by atoms with E-state index in [0.29, 0.717) is 31.9 Å². The summed E-state index contributed by atoms with van der Waals surface area (Å²) in [6.07, 6.45) is 8.61. The summed E-state index contributed by atoms with van der Waals surface area (Å²) in [5, 5.41) is 7.60. The van der Waals surface area contributed by atoms with E-state index < -0.39 is 6.17 Å². The summed E-state index contributed by atoms with van der Waals surface area (Å²) in [5.74, 6) is 1.63. The zero-order valence-corrected chi connectivity index (χ0v) is 22.5. The quantitative estimate of drug-likeness (QED) is 0.575. The van der Waals surface area contributed by atoms with Gasteiger partial charge in [0.1, 0.15) is 12.0 Å². The second-order valence-corrected chi connectivity index (χ2v) is 11.6. The number of alkyl halides is 1. The summed E-state index contributed by atoms with van der Waals surface area (Å²) >= 11 is 0. The van der Waals surface area contributed by atoms with Crippen LogP contribution < -0.4 is 15.2 Å². The molecule has 1 aromatic rings. The minimum atomic E-state index is -0.990. The van der Waals surface area contributed by atoms with Crippen LogP contribution in [0.5, 0.6) is 0 Å². The normalized spacial score (nSPS) is 24.7. The van der Waals surface area contributed by atoms with Gasteiger partial charge in [0.2, 0.25) is 0 Å². The number of fused-ring (bicyclic) bond motifs is 2. The molecule has 1 aromatic carbocycles. The van der Waals surface area contributed by atoms with Gasteiger partial charge in [-0.2, -0.15) is 0 Å². The van der Waals surface area contributed by atoms with Crippen LogP contribution in [0.25, 0.3) is 0 Å². The first-order chi connectivity index (χ1) is 19.1. The van der Waals surface area contributed by atoms with Crippen LogP contribution in [0.4, 0.5) is 15.8 Å². The molecule has 0 unspecified atom stereocenters. The predicted octanol–water partition coefficient (Wildman–Crippen LogP) is 2.23. The maximum absolute atomic E-state index is 15.6. The zero-order valence-electron chi connectivity index (χ0n) is 22.5. The van der Waals surface area contributed by atoms with Crippen molar-refractivity contribution >= 4 is 23.5 Å². The van der Waals surface area contributed by atoms with Crippen molar-refractivity contribution in [3.8, 4) is 0 Å². The molecule has 10 heteroatoms. The summed E-state index contributed by atoms with van der Waals surface area (Å²) < 4.78 is 21.2. The van der Waals surface area contributed by atoms with Gasteiger partial charge in [0.25, 0.3) is 5.91 Å². The van der Waals surface area contributed by atoms with Crippen molar-refractivity contribution in [1.29, 1.82) is 0 Å². The Kier molecular flexibility index (Phi) is 6.78. The molecule has 0 radical (unpaired) electrons. The van der Waals surface area contributed by atoms with Crippen molar-refractivity contribution < 1.29 is 13.9 Å². The molecule has 0 saturated carbocycles. The van der Waals surface area contributed by atoms with E-state index in [2.05, 4.69) is 42.3 Å². The molecule has 1 N–H and O–H groups in total. The number of hydrazine groups is 1. The first-order valence-electron chi connectivity index (χ1n) is 14.5. The van der Waals surface area contributed by atoms with Crippen molar-refractivity contribution in [2.24, 2.45) is 16.8 Å². The molecular formula is C29H38FN7O2. The molecule has 0 aromatic heterocycles. The fraction of sp³-hybridized carbons (Fsp3) is 0.586. The van der Waals surface area contributed by atoms with E-state index in [1.807, 2.05) is 18.3 Å². The smallest absolute Gasteiger partial charge is 0.254 e. The number of nitrogens with zero attached hydrogens (tertiary/aromatic N) is 6. The van der Waals surface area contributed by atoms with Gasteiger partial charge in [-0.25, -0.2) is 14.4 Å². The van der Waals surface area contributed by atoms with E-state index in [-0.39, 0.29) is 18.4 Å². The van der Waals surface area contributed by atoms with Crippen LogP contribution in [-0.4, -0.2) is 105 Å². The Morgan fingerprint density at radius 3 is 2.69 bits per heavy atom. The molecular weight excluding hydrogens is 497 g/mol. The third kappa shape index (κ3) is 4.83. The van der Waals surface area contributed by atoms with Crippen LogP contribution in [0, 0.1) is 11.8 Å². The molecule has 6 aliphatic rings. The fourth-order valence-corrected chi connectivity index (χ4v) is 6.70. The van der Waals surface area contributed by atoms with Gasteiger partial charge in [0, 0.05) is 57.2 Å². The van der Waals surface area contributed by atoms with Crippen molar-refractivity contribution in [3.05, 3.63) is 47.4 Å². The monoisotopic (exact) mass is 535 g/mol. The minimum absolute atomic E-state index is 0.0253. The van der Waals surface area contributed by atoms with Crippen molar-refractivity contribution in [2.45, 2.75) is 25.6 Å². The van der Waals surface area contributed by atoms with Crippen LogP contribution in [-0.2, 0) is 11.3 Å². The van der Waals surface area contributed by atoms with Crippen molar-refractivity contribution in [2.75, 3.05) is 82.0 Å². The molecule has 39 heavy (non-hydrogen) atoms. The molecule has 208 valence electrons. The number of allylic oxidation sites excluding steroid dienone is 1. The number of aliphatic imine (C=N–C) groups is 1. The van der Waals surface area contributed by atoms with E-state index in [4.69, 9.17) is 4.74 Å². The van der Waals surface area contributed by atoms with Crippen molar-refractivity contribution in [3.63, 3.8) is 0 Å². The van der Waals surface area contributed by atoms with Gasteiger partial charge in [-0.1, -0.05) is 0 Å². The molecule has 9 nitrogen and oxygen atoms in total. The number of halogens is 1. The van der Waals surface area contributed by atoms with Crippen LogP contribution in [0.3, 0.4) is 0 Å². The van der Waals surface area contributed by atoms with Crippen LogP contribution in [0.1, 0.15) is 28.8 Å². The van der Waals surface area contributed by atoms with Crippen LogP contribution in [0.15, 0.2) is 41.3 Å². The third-order valence-electron chi connectivity index (χ3n) is 9.09. The maximum Gasteiger partial charge on any atom is 0.254 e. The van der Waals surface area contributed by atoms with E-state index >= 15 is 4.39 Å². The Hall–Kier alpha value is -2.95. The highest BCUT2D eigenvalue weighted by atomic mass is 19.1. The van der Waals surface area contributed by atoms with Gasteiger partial charge < -0.3 is 24.8 Å². The molecule has 3 fully saturated rings. The third-order valence-corrected chi connectivity index (χ3v) is 9.09. The summed E-state index contributed by atoms with van der Waals surface area (Å²) in [7, 11) is 0. The van der Waals surface area contributed by atoms with Gasteiger partial charge in [0.05, 0.1) is 37.7 Å². The number of hydrogen-bond acceptors (Lipinski definition) is 8. The standard InChI is InChI=1S/C29H38FN7O2/c30-25(22-2-7-33(8-3-22)18-21-16-31-17-21)20-35-19-23-14-27(36-9-4-28-32-5-1-6-37(28)36)26(15-24(23)29(35)38)34-10-12-39-13-11-34/h1,4-6,14-15,21-22,25,31H,2-3,7-13,16-20H2/t25-/m1/s1. The van der Waals surface area contributed by atoms with Gasteiger partial charge in [0.15, 0.2) is 0 Å². The van der Waals surface area contributed by atoms with E-state index in [9.17, 15) is 4.79 Å². The molecule has 1 amide bonds. The number of morpholine rings is 1. The maximum atomic E-state index is 15.6. The van der Waals surface area contributed by atoms with Crippen LogP contribution in [0.2, 0.25) is 0 Å². The van der Waals surface area contributed by atoms with E-state index in [1.54, 1.807) is 11.1 Å². The average molecular weight is 536 g/mol. The van der Waals surface area contributed by atoms with Crippen LogP contribution >= 0.6 is 0 Å². The average Bonchev–Trinajstić information content (AvgIpc) is 3.51. The Labute approximate surface area is 229 Å². The number of ether oxygens (including phenoxy) is 1. The number of likely N-dealkylation sites (tertiary alicyclic amines) is 1. The highest BCUT2D eigenvalue weighted by Gasteiger charge is 2.36. The predicted molar refractivity (Wildman–Crippen MR) is 150 cm³/mol. The van der Waals surface area contributed by atoms with E-state index in [0.717, 1.165) is 87.3 Å². The van der Waals surface area contributed by atoms with Crippen molar-refractivity contribution in [1.82, 2.24) is 20.1 Å². The highest BCUT2D eigenvalue weighted by molar-refractivity contribution is 6.01. The summed E-state index contributed by atoms with van der Waals surface area (Å²) in [6.45, 7) is 9.46. The molecule has 6 heterocycles. The lowest BCUT2D eigenvalue weighted by Gasteiger charge is -2.38. The molecule has 1 atom stereocenters. The van der Waals surface area contributed by atoms with Gasteiger partial charge in [-0.15, -0.1) is 0 Å². The lowest BCUT2D eigenvalue weighted by Crippen LogP contribution is -2.50. The first kappa shape index (κ1) is 25.0. The largest absolute Gasteiger partial charge is 0.378 e. The number of carbonyl (C=O) groups excluding carboxylic acids is 1. The highest BCUT2D eigenvalue weighted by Crippen LogP contribution is 2.40. The number of rotatable bonds is 7. The topological polar surface area (TPSA) is 66.9 Å². The first-order valence-corrected chi connectivity index (χ1v) is 14.5. The zero-order chi connectivity index (χ0) is 26.3. The second kappa shape index (κ2) is 10.6. The van der Waals surface area contributed by atoms with Gasteiger partial charge >= 0.3 is 0 Å². The Bertz CT molecular complexity index is 1180. The lowest BCUT2D eigenvalue weighted by molar-refractivity contribution is 0.0592. The molecule has 3 saturated heterocycles. The SMILES string of the molecule is O=C1c2cc(N3CCOCC3)c(N3CC=C4N=CC=CN43)cc2CN1C[C@@H](F)C1CCN(CC2CNC2)CC1. The number of nitrogens with one attached hydrogen (secondary N) is 1. The second-order valence-electron chi connectivity index (χ2n) is 11.6. The number of piperidine rings is 1. The fourth-order valence-electron chi connectivity index (χ4n) is 6.70. The summed E-state index contributed by atoms with van der Waals surface area (Å²) in [4.78, 5) is 24.6. The molecule has 6 aliphatic heterocycles. The number of anilines is 2.